The van der Waals surface area contributed by atoms with Crippen molar-refractivity contribution in [1.29, 1.82) is 0 Å². The second-order valence-corrected chi connectivity index (χ2v) is 8.05. The highest BCUT2D eigenvalue weighted by molar-refractivity contribution is 9.10. The number of carbonyl (C=O) groups is 2. The summed E-state index contributed by atoms with van der Waals surface area (Å²) >= 11 is 4.90. The first kappa shape index (κ1) is 19.5. The van der Waals surface area contributed by atoms with Gasteiger partial charge in [0.2, 0.25) is 0 Å². The van der Waals surface area contributed by atoms with Crippen LogP contribution in [0.4, 0.5) is 13.8 Å². The van der Waals surface area contributed by atoms with Crippen molar-refractivity contribution in [2.45, 2.75) is 6.92 Å². The topological polar surface area (TPSA) is 86.6 Å². The lowest BCUT2D eigenvalue weighted by Crippen LogP contribution is -2.12. The first-order chi connectivity index (χ1) is 12.7. The van der Waals surface area contributed by atoms with Gasteiger partial charge in [-0.25, -0.2) is 13.6 Å². The Morgan fingerprint density at radius 1 is 1.11 bits per heavy atom. The largest absolute Gasteiger partial charge is 0.505 e. The maximum absolute atomic E-state index is 14.3. The number of anilines is 1. The number of rotatable bonds is 4. The molecule has 3 N–H and O–H groups in total. The predicted octanol–water partition coefficient (Wildman–Crippen LogP) is 5.48. The smallest absolute Gasteiger partial charge is 0.339 e. The Morgan fingerprint density at radius 2 is 1.81 bits per heavy atom. The van der Waals surface area contributed by atoms with Gasteiger partial charge in [0.25, 0.3) is 5.91 Å². The molecule has 0 unspecified atom stereocenters. The van der Waals surface area contributed by atoms with Crippen LogP contribution < -0.4 is 5.32 Å². The van der Waals surface area contributed by atoms with Crippen molar-refractivity contribution in [2.24, 2.45) is 0 Å². The van der Waals surface area contributed by atoms with Gasteiger partial charge in [-0.1, -0.05) is 12.1 Å². The number of halogens is 3. The zero-order valence-corrected chi connectivity index (χ0v) is 16.7. The molecule has 0 fully saturated rings. The summed E-state index contributed by atoms with van der Waals surface area (Å²) in [7, 11) is 0. The maximum atomic E-state index is 14.3. The van der Waals surface area contributed by atoms with Crippen LogP contribution in [0.5, 0.6) is 5.75 Å². The van der Waals surface area contributed by atoms with Crippen molar-refractivity contribution in [3.05, 3.63) is 55.0 Å². The van der Waals surface area contributed by atoms with E-state index in [2.05, 4.69) is 21.2 Å². The Bertz CT molecular complexity index is 1080. The Balaban J connectivity index is 2.05. The average Bonchev–Trinajstić information content (AvgIpc) is 3.17. The highest BCUT2D eigenvalue weighted by Gasteiger charge is 2.26. The number of thiophene rings is 2. The number of hydrogen-bond donors (Lipinski definition) is 3. The summed E-state index contributed by atoms with van der Waals surface area (Å²) in [6.07, 6.45) is 0. The third kappa shape index (κ3) is 3.47. The molecule has 0 spiro atoms. The molecular weight excluding hydrogens is 464 g/mol. The average molecular weight is 474 g/mol. The molecular formula is C17H10BrF2NO4S2. The Morgan fingerprint density at radius 3 is 2.41 bits per heavy atom. The van der Waals surface area contributed by atoms with E-state index in [4.69, 9.17) is 0 Å². The van der Waals surface area contributed by atoms with E-state index in [9.17, 15) is 28.6 Å². The first-order valence-corrected chi connectivity index (χ1v) is 9.84. The quantitative estimate of drug-likeness (QED) is 0.468. The van der Waals surface area contributed by atoms with E-state index in [1.54, 1.807) is 0 Å². The molecule has 1 amide bonds. The molecule has 0 radical (unpaired) electrons. The number of aryl methyl sites for hydroxylation is 1. The summed E-state index contributed by atoms with van der Waals surface area (Å²) in [6.45, 7) is 1.39. The molecule has 140 valence electrons. The van der Waals surface area contributed by atoms with E-state index >= 15 is 0 Å². The minimum absolute atomic E-state index is 0.0132. The lowest BCUT2D eigenvalue weighted by molar-refractivity contribution is 0.0699. The maximum Gasteiger partial charge on any atom is 0.339 e. The van der Waals surface area contributed by atoms with E-state index < -0.39 is 23.5 Å². The summed E-state index contributed by atoms with van der Waals surface area (Å²) in [6, 6.07) is 2.63. The molecule has 0 aliphatic carbocycles. The standard InChI is InChI=1S/C17H10BrF2NO4S2/c1-6-2-3-7(12(20)11(6)19)8-4-27-16(10(8)17(24)25)21-15(23)14-13(22)9(18)5-26-14/h2-5,22H,1H3,(H,21,23)(H,24,25). The number of carboxylic acid groups (broad SMARTS) is 1. The van der Waals surface area contributed by atoms with Gasteiger partial charge in [-0.15, -0.1) is 22.7 Å². The second kappa shape index (κ2) is 7.37. The molecule has 1 aromatic carbocycles. The normalized spacial score (nSPS) is 10.8. The third-order valence-corrected chi connectivity index (χ3v) is 6.50. The molecule has 0 saturated carbocycles. The Hall–Kier alpha value is -2.30. The number of carbonyl (C=O) groups excluding carboxylic acids is 1. The summed E-state index contributed by atoms with van der Waals surface area (Å²) in [5, 5.41) is 24.6. The lowest BCUT2D eigenvalue weighted by atomic mass is 10.0. The molecule has 2 heterocycles. The van der Waals surface area contributed by atoms with Crippen LogP contribution in [-0.2, 0) is 0 Å². The number of benzene rings is 1. The number of hydrogen-bond acceptors (Lipinski definition) is 5. The van der Waals surface area contributed by atoms with Gasteiger partial charge in [0, 0.05) is 21.9 Å². The summed E-state index contributed by atoms with van der Waals surface area (Å²) < 4.78 is 28.5. The van der Waals surface area contributed by atoms with Crippen LogP contribution in [0, 0.1) is 18.6 Å². The SMILES string of the molecule is Cc1ccc(-c2csc(NC(=O)c3scc(Br)c3O)c2C(=O)O)c(F)c1F. The summed E-state index contributed by atoms with van der Waals surface area (Å²) in [4.78, 5) is 24.0. The fourth-order valence-electron chi connectivity index (χ4n) is 2.37. The van der Waals surface area contributed by atoms with Crippen molar-refractivity contribution < 1.29 is 28.6 Å². The molecule has 5 nitrogen and oxygen atoms in total. The van der Waals surface area contributed by atoms with Gasteiger partial charge in [0.05, 0.1) is 4.47 Å². The van der Waals surface area contributed by atoms with E-state index in [0.717, 1.165) is 22.7 Å². The highest BCUT2D eigenvalue weighted by atomic mass is 79.9. The van der Waals surface area contributed by atoms with Gasteiger partial charge in [-0.05, 0) is 28.4 Å². The summed E-state index contributed by atoms with van der Waals surface area (Å²) in [5.74, 6) is -4.60. The molecule has 10 heteroatoms. The third-order valence-electron chi connectivity index (χ3n) is 3.73. The van der Waals surface area contributed by atoms with Crippen LogP contribution >= 0.6 is 38.6 Å². The van der Waals surface area contributed by atoms with Gasteiger partial charge in [-0.3, -0.25) is 4.79 Å². The van der Waals surface area contributed by atoms with Crippen LogP contribution in [0.3, 0.4) is 0 Å². The molecule has 2 aromatic heterocycles. The first-order valence-electron chi connectivity index (χ1n) is 7.29. The molecule has 27 heavy (non-hydrogen) atoms. The molecule has 3 aromatic rings. The van der Waals surface area contributed by atoms with Crippen molar-refractivity contribution >= 4 is 55.5 Å². The Labute approximate surface area is 168 Å². The molecule has 3 rings (SSSR count). The van der Waals surface area contributed by atoms with E-state index in [0.29, 0.717) is 4.47 Å². The number of aromatic carboxylic acids is 1. The van der Waals surface area contributed by atoms with Crippen LogP contribution in [0.25, 0.3) is 11.1 Å². The van der Waals surface area contributed by atoms with E-state index in [-0.39, 0.29) is 37.9 Å². The lowest BCUT2D eigenvalue weighted by Gasteiger charge is -2.08. The van der Waals surface area contributed by atoms with Gasteiger partial charge < -0.3 is 15.5 Å². The van der Waals surface area contributed by atoms with Crippen LogP contribution in [0.2, 0.25) is 0 Å². The minimum atomic E-state index is -1.40. The Kier molecular flexibility index (Phi) is 5.31. The zero-order chi connectivity index (χ0) is 19.9. The van der Waals surface area contributed by atoms with Crippen LogP contribution in [0.1, 0.15) is 25.6 Å². The second-order valence-electron chi connectivity index (χ2n) is 5.43. The van der Waals surface area contributed by atoms with Crippen molar-refractivity contribution in [3.63, 3.8) is 0 Å². The summed E-state index contributed by atoms with van der Waals surface area (Å²) in [5.41, 5.74) is -0.522. The number of carboxylic acids is 1. The van der Waals surface area contributed by atoms with Gasteiger partial charge in [0.15, 0.2) is 17.4 Å². The van der Waals surface area contributed by atoms with Crippen LogP contribution in [0.15, 0.2) is 27.4 Å². The molecule has 0 saturated heterocycles. The number of aromatic hydroxyl groups is 1. The van der Waals surface area contributed by atoms with Crippen LogP contribution in [-0.4, -0.2) is 22.1 Å². The van der Waals surface area contributed by atoms with Gasteiger partial charge in [-0.2, -0.15) is 0 Å². The number of amides is 1. The van der Waals surface area contributed by atoms with Crippen molar-refractivity contribution in [3.8, 4) is 16.9 Å². The molecule has 0 bridgehead atoms. The van der Waals surface area contributed by atoms with Gasteiger partial charge in [0.1, 0.15) is 15.4 Å². The van der Waals surface area contributed by atoms with E-state index in [1.165, 1.54) is 29.8 Å². The molecule has 0 aliphatic heterocycles. The van der Waals surface area contributed by atoms with Gasteiger partial charge >= 0.3 is 5.97 Å². The number of nitrogens with one attached hydrogen (secondary N) is 1. The highest BCUT2D eigenvalue weighted by Crippen LogP contribution is 2.39. The van der Waals surface area contributed by atoms with Crippen molar-refractivity contribution in [1.82, 2.24) is 0 Å². The minimum Gasteiger partial charge on any atom is -0.505 e. The van der Waals surface area contributed by atoms with Crippen molar-refractivity contribution in [2.75, 3.05) is 5.32 Å². The zero-order valence-electron chi connectivity index (χ0n) is 13.5. The predicted molar refractivity (Wildman–Crippen MR) is 103 cm³/mol. The van der Waals surface area contributed by atoms with E-state index in [1.807, 2.05) is 0 Å². The fraction of sp³-hybridized carbons (Fsp3) is 0.0588. The monoisotopic (exact) mass is 473 g/mol. The molecule has 0 aliphatic rings. The fourth-order valence-corrected chi connectivity index (χ4v) is 4.64. The molecule has 0 atom stereocenters.